The van der Waals surface area contributed by atoms with Crippen molar-refractivity contribution in [1.29, 1.82) is 0 Å². The standard InChI is InChI=1S/C10H8BrF3O/c11-6-2-4-8-3-1-5-9(7-8)15-10(12,13)14/h1-5,7H,6H2. The Bertz CT molecular complexity index is 347. The number of allylic oxidation sites excluding steroid dienone is 1. The molecular weight excluding hydrogens is 273 g/mol. The zero-order chi connectivity index (χ0) is 11.3. The fourth-order valence-electron chi connectivity index (χ4n) is 0.996. The molecule has 15 heavy (non-hydrogen) atoms. The van der Waals surface area contributed by atoms with E-state index in [0.29, 0.717) is 10.9 Å². The lowest BCUT2D eigenvalue weighted by Crippen LogP contribution is -2.17. The van der Waals surface area contributed by atoms with Gasteiger partial charge >= 0.3 is 6.36 Å². The van der Waals surface area contributed by atoms with E-state index in [2.05, 4.69) is 20.7 Å². The van der Waals surface area contributed by atoms with E-state index in [1.807, 2.05) is 0 Å². The Balaban J connectivity index is 2.79. The molecule has 0 aliphatic heterocycles. The van der Waals surface area contributed by atoms with Gasteiger partial charge in [0.25, 0.3) is 0 Å². The zero-order valence-corrected chi connectivity index (χ0v) is 9.18. The van der Waals surface area contributed by atoms with Crippen molar-refractivity contribution < 1.29 is 17.9 Å². The van der Waals surface area contributed by atoms with E-state index in [0.717, 1.165) is 0 Å². The predicted octanol–water partition coefficient (Wildman–Crippen LogP) is 3.99. The monoisotopic (exact) mass is 280 g/mol. The second kappa shape index (κ2) is 5.21. The first-order valence-electron chi connectivity index (χ1n) is 4.09. The van der Waals surface area contributed by atoms with E-state index < -0.39 is 6.36 Å². The Morgan fingerprint density at radius 2 is 2.07 bits per heavy atom. The van der Waals surface area contributed by atoms with Gasteiger partial charge in [-0.3, -0.25) is 0 Å². The third-order valence-electron chi connectivity index (χ3n) is 1.49. The van der Waals surface area contributed by atoms with Crippen molar-refractivity contribution in [2.75, 3.05) is 5.33 Å². The van der Waals surface area contributed by atoms with E-state index in [4.69, 9.17) is 0 Å². The average molecular weight is 281 g/mol. The minimum absolute atomic E-state index is 0.209. The Morgan fingerprint density at radius 1 is 1.33 bits per heavy atom. The van der Waals surface area contributed by atoms with Crippen LogP contribution in [-0.4, -0.2) is 11.7 Å². The number of alkyl halides is 4. The number of hydrogen-bond donors (Lipinski definition) is 0. The van der Waals surface area contributed by atoms with Gasteiger partial charge in [-0.1, -0.05) is 40.2 Å². The summed E-state index contributed by atoms with van der Waals surface area (Å²) < 4.78 is 39.4. The van der Waals surface area contributed by atoms with Crippen molar-refractivity contribution in [3.05, 3.63) is 35.9 Å². The summed E-state index contributed by atoms with van der Waals surface area (Å²) in [6.45, 7) is 0. The SMILES string of the molecule is FC(F)(F)Oc1cccc(C=CCBr)c1. The third kappa shape index (κ3) is 4.88. The van der Waals surface area contributed by atoms with Gasteiger partial charge in [0.05, 0.1) is 0 Å². The van der Waals surface area contributed by atoms with Crippen LogP contribution >= 0.6 is 15.9 Å². The molecule has 1 aromatic rings. The molecule has 0 heterocycles. The van der Waals surface area contributed by atoms with Crippen LogP contribution in [0.2, 0.25) is 0 Å². The summed E-state index contributed by atoms with van der Waals surface area (Å²) in [7, 11) is 0. The molecule has 1 rings (SSSR count). The Morgan fingerprint density at radius 3 is 2.67 bits per heavy atom. The van der Waals surface area contributed by atoms with Crippen LogP contribution in [0.15, 0.2) is 30.3 Å². The van der Waals surface area contributed by atoms with Crippen molar-refractivity contribution in [2.45, 2.75) is 6.36 Å². The van der Waals surface area contributed by atoms with Crippen molar-refractivity contribution in [3.8, 4) is 5.75 Å². The fourth-order valence-corrected chi connectivity index (χ4v) is 1.18. The molecule has 1 aromatic carbocycles. The normalized spacial score (nSPS) is 12.0. The Hall–Kier alpha value is -0.970. The maximum absolute atomic E-state index is 11.9. The van der Waals surface area contributed by atoms with Gasteiger partial charge < -0.3 is 4.74 Å². The van der Waals surface area contributed by atoms with Crippen molar-refractivity contribution in [3.63, 3.8) is 0 Å². The third-order valence-corrected chi connectivity index (χ3v) is 1.86. The minimum Gasteiger partial charge on any atom is -0.406 e. The van der Waals surface area contributed by atoms with E-state index >= 15 is 0 Å². The van der Waals surface area contributed by atoms with Gasteiger partial charge in [0.2, 0.25) is 0 Å². The molecule has 5 heteroatoms. The highest BCUT2D eigenvalue weighted by Gasteiger charge is 2.30. The average Bonchev–Trinajstić information content (AvgIpc) is 2.12. The summed E-state index contributed by atoms with van der Waals surface area (Å²) in [4.78, 5) is 0. The molecule has 0 saturated heterocycles. The Labute approximate surface area is 93.7 Å². The molecule has 1 nitrogen and oxygen atoms in total. The van der Waals surface area contributed by atoms with Gasteiger partial charge in [-0.05, 0) is 17.7 Å². The van der Waals surface area contributed by atoms with Crippen LogP contribution in [0.1, 0.15) is 5.56 Å². The summed E-state index contributed by atoms with van der Waals surface area (Å²) in [5.74, 6) is -0.209. The summed E-state index contributed by atoms with van der Waals surface area (Å²) in [5, 5.41) is 0.650. The molecule has 0 unspecified atom stereocenters. The van der Waals surface area contributed by atoms with Gasteiger partial charge in [-0.25, -0.2) is 0 Å². The molecule has 0 aliphatic rings. The first kappa shape index (κ1) is 12.1. The summed E-state index contributed by atoms with van der Waals surface area (Å²) in [6.07, 6.45) is -1.15. The summed E-state index contributed by atoms with van der Waals surface area (Å²) in [6, 6.07) is 5.79. The minimum atomic E-state index is -4.64. The van der Waals surface area contributed by atoms with Gasteiger partial charge in [0.1, 0.15) is 5.75 Å². The summed E-state index contributed by atoms with van der Waals surface area (Å²) in [5.41, 5.74) is 0.663. The second-order valence-electron chi connectivity index (χ2n) is 2.68. The van der Waals surface area contributed by atoms with Crippen LogP contribution in [-0.2, 0) is 0 Å². The van der Waals surface area contributed by atoms with E-state index in [1.54, 1.807) is 18.2 Å². The van der Waals surface area contributed by atoms with E-state index in [1.165, 1.54) is 18.2 Å². The number of benzene rings is 1. The smallest absolute Gasteiger partial charge is 0.406 e. The topological polar surface area (TPSA) is 9.23 Å². The highest BCUT2D eigenvalue weighted by atomic mass is 79.9. The van der Waals surface area contributed by atoms with E-state index in [-0.39, 0.29) is 5.75 Å². The molecule has 0 spiro atoms. The lowest BCUT2D eigenvalue weighted by Gasteiger charge is -2.08. The maximum atomic E-state index is 11.9. The molecule has 0 aliphatic carbocycles. The molecule has 0 radical (unpaired) electrons. The molecule has 82 valence electrons. The molecule has 0 fully saturated rings. The Kier molecular flexibility index (Phi) is 4.20. The van der Waals surface area contributed by atoms with Crippen molar-refractivity contribution in [2.24, 2.45) is 0 Å². The number of ether oxygens (including phenoxy) is 1. The predicted molar refractivity (Wildman–Crippen MR) is 56.0 cm³/mol. The number of hydrogen-bond acceptors (Lipinski definition) is 1. The number of rotatable bonds is 3. The fraction of sp³-hybridized carbons (Fsp3) is 0.200. The molecule has 0 aromatic heterocycles. The maximum Gasteiger partial charge on any atom is 0.573 e. The van der Waals surface area contributed by atoms with Gasteiger partial charge in [-0.15, -0.1) is 13.2 Å². The van der Waals surface area contributed by atoms with Crippen LogP contribution in [0.25, 0.3) is 6.08 Å². The largest absolute Gasteiger partial charge is 0.573 e. The zero-order valence-electron chi connectivity index (χ0n) is 7.59. The van der Waals surface area contributed by atoms with Gasteiger partial charge in [-0.2, -0.15) is 0 Å². The lowest BCUT2D eigenvalue weighted by atomic mass is 10.2. The van der Waals surface area contributed by atoms with Crippen molar-refractivity contribution in [1.82, 2.24) is 0 Å². The second-order valence-corrected chi connectivity index (χ2v) is 3.32. The van der Waals surface area contributed by atoms with Crippen LogP contribution in [0.3, 0.4) is 0 Å². The lowest BCUT2D eigenvalue weighted by molar-refractivity contribution is -0.274. The van der Waals surface area contributed by atoms with Crippen LogP contribution in [0.5, 0.6) is 5.75 Å². The van der Waals surface area contributed by atoms with Gasteiger partial charge in [0, 0.05) is 5.33 Å². The molecule has 0 N–H and O–H groups in total. The van der Waals surface area contributed by atoms with Gasteiger partial charge in [0.15, 0.2) is 0 Å². The molecule has 0 amide bonds. The highest BCUT2D eigenvalue weighted by Crippen LogP contribution is 2.23. The molecule has 0 atom stereocenters. The molecule has 0 bridgehead atoms. The number of halogens is 4. The molecule has 0 saturated carbocycles. The van der Waals surface area contributed by atoms with Crippen LogP contribution in [0.4, 0.5) is 13.2 Å². The first-order chi connectivity index (χ1) is 7.01. The van der Waals surface area contributed by atoms with Crippen LogP contribution in [0, 0.1) is 0 Å². The van der Waals surface area contributed by atoms with E-state index in [9.17, 15) is 13.2 Å². The van der Waals surface area contributed by atoms with Crippen LogP contribution < -0.4 is 4.74 Å². The quantitative estimate of drug-likeness (QED) is 0.761. The highest BCUT2D eigenvalue weighted by molar-refractivity contribution is 9.09. The van der Waals surface area contributed by atoms with Crippen molar-refractivity contribution >= 4 is 22.0 Å². The first-order valence-corrected chi connectivity index (χ1v) is 5.22. The summed E-state index contributed by atoms with van der Waals surface area (Å²) >= 11 is 3.18. The molecular formula is C10H8BrF3O.